The van der Waals surface area contributed by atoms with Crippen molar-refractivity contribution in [1.82, 2.24) is 5.43 Å². The molecular weight excluding hydrogens is 229 g/mol. The number of fused-ring (bicyclic) bond motifs is 1. The highest BCUT2D eigenvalue weighted by Crippen LogP contribution is 2.32. The van der Waals surface area contributed by atoms with Gasteiger partial charge in [-0.2, -0.15) is 0 Å². The SMILES string of the molecule is Nc1ccc2c(c1)C(Cc1ccccc1F)NN2. The van der Waals surface area contributed by atoms with Crippen molar-refractivity contribution in [3.05, 3.63) is 59.4 Å². The topological polar surface area (TPSA) is 50.1 Å². The number of benzene rings is 2. The lowest BCUT2D eigenvalue weighted by Crippen LogP contribution is -2.20. The smallest absolute Gasteiger partial charge is 0.126 e. The minimum atomic E-state index is -0.170. The monoisotopic (exact) mass is 243 g/mol. The average Bonchev–Trinajstić information content (AvgIpc) is 2.75. The first-order valence-electron chi connectivity index (χ1n) is 5.88. The number of rotatable bonds is 2. The molecule has 3 nitrogen and oxygen atoms in total. The standard InChI is InChI=1S/C14H14FN3/c15-12-4-2-1-3-9(12)7-14-11-8-10(16)5-6-13(11)17-18-14/h1-6,8,14,17-18H,7,16H2. The van der Waals surface area contributed by atoms with Crippen LogP contribution in [0.3, 0.4) is 0 Å². The summed E-state index contributed by atoms with van der Waals surface area (Å²) in [6.07, 6.45) is 0.593. The number of hydrogen-bond acceptors (Lipinski definition) is 3. The predicted octanol–water partition coefficient (Wildman–Crippen LogP) is 2.62. The van der Waals surface area contributed by atoms with Gasteiger partial charge in [0.1, 0.15) is 5.82 Å². The van der Waals surface area contributed by atoms with Gasteiger partial charge in [0.2, 0.25) is 0 Å². The largest absolute Gasteiger partial charge is 0.399 e. The molecule has 0 saturated heterocycles. The normalized spacial score (nSPS) is 17.3. The van der Waals surface area contributed by atoms with Gasteiger partial charge in [0.05, 0.1) is 11.7 Å². The van der Waals surface area contributed by atoms with Gasteiger partial charge in [0.25, 0.3) is 0 Å². The molecule has 1 atom stereocenters. The lowest BCUT2D eigenvalue weighted by atomic mass is 9.99. The van der Waals surface area contributed by atoms with E-state index in [1.165, 1.54) is 6.07 Å². The number of halogens is 1. The molecule has 0 radical (unpaired) electrons. The van der Waals surface area contributed by atoms with Crippen molar-refractivity contribution in [2.45, 2.75) is 12.5 Å². The Hall–Kier alpha value is -2.07. The second kappa shape index (κ2) is 4.31. The maximum atomic E-state index is 13.6. The van der Waals surface area contributed by atoms with Crippen LogP contribution in [-0.4, -0.2) is 0 Å². The summed E-state index contributed by atoms with van der Waals surface area (Å²) in [5, 5.41) is 0. The average molecular weight is 243 g/mol. The van der Waals surface area contributed by atoms with E-state index in [-0.39, 0.29) is 11.9 Å². The molecule has 0 bridgehead atoms. The summed E-state index contributed by atoms with van der Waals surface area (Å²) in [6, 6.07) is 12.6. The van der Waals surface area contributed by atoms with Gasteiger partial charge in [0.15, 0.2) is 0 Å². The second-order valence-electron chi connectivity index (χ2n) is 4.46. The lowest BCUT2D eigenvalue weighted by Gasteiger charge is -2.11. The molecule has 0 aliphatic carbocycles. The first kappa shape index (κ1) is 11.0. The van der Waals surface area contributed by atoms with Crippen molar-refractivity contribution >= 4 is 11.4 Å². The first-order valence-corrected chi connectivity index (χ1v) is 5.88. The van der Waals surface area contributed by atoms with E-state index < -0.39 is 0 Å². The summed E-state index contributed by atoms with van der Waals surface area (Å²) < 4.78 is 13.6. The van der Waals surface area contributed by atoms with Crippen LogP contribution in [0.1, 0.15) is 17.2 Å². The molecule has 0 amide bonds. The molecule has 1 aliphatic heterocycles. The number of nitrogen functional groups attached to an aromatic ring is 1. The molecule has 92 valence electrons. The summed E-state index contributed by atoms with van der Waals surface area (Å²) >= 11 is 0. The van der Waals surface area contributed by atoms with E-state index in [4.69, 9.17) is 5.73 Å². The van der Waals surface area contributed by atoms with Crippen LogP contribution in [0.25, 0.3) is 0 Å². The maximum Gasteiger partial charge on any atom is 0.126 e. The van der Waals surface area contributed by atoms with E-state index in [1.54, 1.807) is 12.1 Å². The van der Waals surface area contributed by atoms with Crippen LogP contribution in [0.2, 0.25) is 0 Å². The Kier molecular flexibility index (Phi) is 2.64. The molecule has 0 aromatic heterocycles. The zero-order chi connectivity index (χ0) is 12.5. The Bertz CT molecular complexity index is 583. The van der Waals surface area contributed by atoms with E-state index in [2.05, 4.69) is 10.9 Å². The van der Waals surface area contributed by atoms with Crippen LogP contribution < -0.4 is 16.6 Å². The van der Waals surface area contributed by atoms with E-state index >= 15 is 0 Å². The summed E-state index contributed by atoms with van der Waals surface area (Å²) in [5.41, 5.74) is 15.5. The van der Waals surface area contributed by atoms with E-state index in [1.807, 2.05) is 24.3 Å². The summed E-state index contributed by atoms with van der Waals surface area (Å²) in [5.74, 6) is -0.170. The van der Waals surface area contributed by atoms with Crippen molar-refractivity contribution in [2.75, 3.05) is 11.2 Å². The molecule has 4 heteroatoms. The number of nitrogens with two attached hydrogens (primary N) is 1. The number of nitrogens with one attached hydrogen (secondary N) is 2. The van der Waals surface area contributed by atoms with Gasteiger partial charge in [-0.3, -0.25) is 0 Å². The fraction of sp³-hybridized carbons (Fsp3) is 0.143. The molecule has 0 fully saturated rings. The fourth-order valence-electron chi connectivity index (χ4n) is 2.27. The van der Waals surface area contributed by atoms with Gasteiger partial charge >= 0.3 is 0 Å². The third kappa shape index (κ3) is 1.91. The molecule has 2 aromatic carbocycles. The van der Waals surface area contributed by atoms with Gasteiger partial charge in [-0.1, -0.05) is 18.2 Å². The third-order valence-corrected chi connectivity index (χ3v) is 3.21. The van der Waals surface area contributed by atoms with Crippen LogP contribution in [0.4, 0.5) is 15.8 Å². The Morgan fingerprint density at radius 2 is 2.00 bits per heavy atom. The highest BCUT2D eigenvalue weighted by atomic mass is 19.1. The predicted molar refractivity (Wildman–Crippen MR) is 70.5 cm³/mol. The molecule has 4 N–H and O–H groups in total. The van der Waals surface area contributed by atoms with Crippen molar-refractivity contribution in [3.63, 3.8) is 0 Å². The minimum Gasteiger partial charge on any atom is -0.399 e. The highest BCUT2D eigenvalue weighted by Gasteiger charge is 2.22. The molecule has 0 spiro atoms. The first-order chi connectivity index (χ1) is 8.74. The van der Waals surface area contributed by atoms with Gasteiger partial charge < -0.3 is 11.2 Å². The van der Waals surface area contributed by atoms with Crippen molar-refractivity contribution in [3.8, 4) is 0 Å². The van der Waals surface area contributed by atoms with Crippen LogP contribution in [0.5, 0.6) is 0 Å². The van der Waals surface area contributed by atoms with Crippen LogP contribution >= 0.6 is 0 Å². The van der Waals surface area contributed by atoms with Crippen LogP contribution in [0, 0.1) is 5.82 Å². The molecule has 0 saturated carbocycles. The Balaban J connectivity index is 1.89. The Labute approximate surface area is 105 Å². The molecular formula is C14H14FN3. The molecule has 1 heterocycles. The zero-order valence-corrected chi connectivity index (χ0v) is 9.78. The summed E-state index contributed by atoms with van der Waals surface area (Å²) in [4.78, 5) is 0. The molecule has 18 heavy (non-hydrogen) atoms. The van der Waals surface area contributed by atoms with Crippen molar-refractivity contribution in [1.29, 1.82) is 0 Å². The van der Waals surface area contributed by atoms with E-state index in [0.717, 1.165) is 16.9 Å². The quantitative estimate of drug-likeness (QED) is 0.711. The van der Waals surface area contributed by atoms with Crippen molar-refractivity contribution in [2.24, 2.45) is 0 Å². The van der Waals surface area contributed by atoms with Gasteiger partial charge in [-0.25, -0.2) is 9.82 Å². The second-order valence-corrected chi connectivity index (χ2v) is 4.46. The van der Waals surface area contributed by atoms with Crippen LogP contribution in [-0.2, 0) is 6.42 Å². The van der Waals surface area contributed by atoms with Crippen LogP contribution in [0.15, 0.2) is 42.5 Å². The minimum absolute atomic E-state index is 0.0420. The summed E-state index contributed by atoms with van der Waals surface area (Å²) in [6.45, 7) is 0. The van der Waals surface area contributed by atoms with E-state index in [0.29, 0.717) is 12.0 Å². The Morgan fingerprint density at radius 1 is 1.17 bits per heavy atom. The van der Waals surface area contributed by atoms with Gasteiger partial charge in [0, 0.05) is 5.69 Å². The zero-order valence-electron chi connectivity index (χ0n) is 9.78. The number of hydrazine groups is 1. The molecule has 1 unspecified atom stereocenters. The summed E-state index contributed by atoms with van der Waals surface area (Å²) in [7, 11) is 0. The third-order valence-electron chi connectivity index (χ3n) is 3.21. The highest BCUT2D eigenvalue weighted by molar-refractivity contribution is 5.61. The fourth-order valence-corrected chi connectivity index (χ4v) is 2.27. The number of anilines is 2. The van der Waals surface area contributed by atoms with E-state index in [9.17, 15) is 4.39 Å². The number of hydrogen-bond donors (Lipinski definition) is 3. The molecule has 3 rings (SSSR count). The lowest BCUT2D eigenvalue weighted by molar-refractivity contribution is 0.569. The maximum absolute atomic E-state index is 13.6. The van der Waals surface area contributed by atoms with Crippen molar-refractivity contribution < 1.29 is 4.39 Å². The van der Waals surface area contributed by atoms with Gasteiger partial charge in [-0.15, -0.1) is 0 Å². The Morgan fingerprint density at radius 3 is 2.83 bits per heavy atom. The molecule has 1 aliphatic rings. The van der Waals surface area contributed by atoms with Gasteiger partial charge in [-0.05, 0) is 41.8 Å². The molecule has 2 aromatic rings.